The van der Waals surface area contributed by atoms with Crippen LogP contribution in [0.1, 0.15) is 11.1 Å². The van der Waals surface area contributed by atoms with Gasteiger partial charge in [-0.05, 0) is 49.2 Å². The van der Waals surface area contributed by atoms with Crippen LogP contribution in [-0.4, -0.2) is 28.6 Å². The monoisotopic (exact) mass is 332 g/mol. The molecule has 0 saturated carbocycles. The Hall–Kier alpha value is -2.21. The van der Waals surface area contributed by atoms with E-state index < -0.39 is 10.0 Å². The van der Waals surface area contributed by atoms with Crippen molar-refractivity contribution in [2.45, 2.75) is 18.7 Å². The maximum atomic E-state index is 12.6. The van der Waals surface area contributed by atoms with E-state index in [4.69, 9.17) is 4.74 Å². The molecule has 0 bridgehead atoms. The Morgan fingerprint density at radius 2 is 1.78 bits per heavy atom. The molecule has 0 atom stereocenters. The summed E-state index contributed by atoms with van der Waals surface area (Å²) in [7, 11) is -1.68. The topological polar surface area (TPSA) is 58.6 Å². The Morgan fingerprint density at radius 1 is 1.09 bits per heavy atom. The summed E-state index contributed by atoms with van der Waals surface area (Å²) in [6.45, 7) is 5.22. The van der Waals surface area contributed by atoms with Crippen LogP contribution in [0.15, 0.2) is 41.3 Å². The second-order valence-corrected chi connectivity index (χ2v) is 7.56. The molecular weight excluding hydrogens is 312 g/mol. The molecule has 23 heavy (non-hydrogen) atoms. The molecule has 0 unspecified atom stereocenters. The maximum Gasteiger partial charge on any atom is 0.262 e. The van der Waals surface area contributed by atoms with Crippen LogP contribution in [0.3, 0.4) is 0 Å². The summed E-state index contributed by atoms with van der Waals surface area (Å²) in [5.74, 6) is 0.599. The highest BCUT2D eigenvalue weighted by molar-refractivity contribution is 7.92. The second-order valence-electron chi connectivity index (χ2n) is 5.88. The van der Waals surface area contributed by atoms with Crippen LogP contribution in [0.4, 0.5) is 11.4 Å². The molecule has 0 fully saturated rings. The third-order valence-electron chi connectivity index (χ3n) is 3.81. The second kappa shape index (κ2) is 5.77. The number of hydrogen-bond donors (Lipinski definition) is 1. The molecule has 0 amide bonds. The molecule has 1 aliphatic rings. The van der Waals surface area contributed by atoms with E-state index in [-0.39, 0.29) is 4.90 Å². The summed E-state index contributed by atoms with van der Waals surface area (Å²) in [6.07, 6.45) is 0. The first-order chi connectivity index (χ1) is 10.8. The lowest BCUT2D eigenvalue weighted by Crippen LogP contribution is -2.29. The zero-order chi connectivity index (χ0) is 16.6. The van der Waals surface area contributed by atoms with E-state index in [1.54, 1.807) is 18.2 Å². The minimum Gasteiger partial charge on any atom is -0.490 e. The summed E-state index contributed by atoms with van der Waals surface area (Å²) in [5, 5.41) is 0. The molecule has 0 saturated heterocycles. The molecular formula is C17H20N2O3S. The van der Waals surface area contributed by atoms with Crippen LogP contribution in [0.5, 0.6) is 5.75 Å². The molecule has 1 heterocycles. The predicted molar refractivity (Wildman–Crippen MR) is 91.9 cm³/mol. The SMILES string of the molecule is Cc1cc(C)cc(NS(=O)(=O)c2ccc3c(c2)OCCN3C)c1. The number of nitrogens with zero attached hydrogens (tertiary/aromatic N) is 1. The van der Waals surface area contributed by atoms with Crippen molar-refractivity contribution in [3.8, 4) is 5.75 Å². The van der Waals surface area contributed by atoms with Crippen molar-refractivity contribution in [1.29, 1.82) is 0 Å². The molecule has 2 aromatic carbocycles. The van der Waals surface area contributed by atoms with Gasteiger partial charge in [0, 0.05) is 18.8 Å². The van der Waals surface area contributed by atoms with Gasteiger partial charge in [-0.15, -0.1) is 0 Å². The van der Waals surface area contributed by atoms with Gasteiger partial charge in [0.25, 0.3) is 10.0 Å². The van der Waals surface area contributed by atoms with Crippen molar-refractivity contribution >= 4 is 21.4 Å². The third-order valence-corrected chi connectivity index (χ3v) is 5.19. The lowest BCUT2D eigenvalue weighted by atomic mass is 10.1. The minimum absolute atomic E-state index is 0.200. The van der Waals surface area contributed by atoms with E-state index in [9.17, 15) is 8.42 Å². The Labute approximate surface area is 136 Å². The number of hydrogen-bond acceptors (Lipinski definition) is 4. The van der Waals surface area contributed by atoms with Gasteiger partial charge in [0.1, 0.15) is 12.4 Å². The van der Waals surface area contributed by atoms with Crippen LogP contribution in [0, 0.1) is 13.8 Å². The van der Waals surface area contributed by atoms with Gasteiger partial charge in [-0.3, -0.25) is 4.72 Å². The first-order valence-corrected chi connectivity index (χ1v) is 8.92. The van der Waals surface area contributed by atoms with E-state index in [1.165, 1.54) is 0 Å². The van der Waals surface area contributed by atoms with Crippen LogP contribution in [0.25, 0.3) is 0 Å². The fraction of sp³-hybridized carbons (Fsp3) is 0.294. The lowest BCUT2D eigenvalue weighted by molar-refractivity contribution is 0.310. The Bertz CT molecular complexity index is 827. The first-order valence-electron chi connectivity index (χ1n) is 7.44. The molecule has 0 aliphatic carbocycles. The minimum atomic E-state index is -3.65. The molecule has 0 aromatic heterocycles. The highest BCUT2D eigenvalue weighted by Crippen LogP contribution is 2.33. The maximum absolute atomic E-state index is 12.6. The summed E-state index contributed by atoms with van der Waals surface area (Å²) in [4.78, 5) is 2.25. The number of aryl methyl sites for hydroxylation is 2. The van der Waals surface area contributed by atoms with Crippen LogP contribution < -0.4 is 14.4 Å². The largest absolute Gasteiger partial charge is 0.490 e. The van der Waals surface area contributed by atoms with Gasteiger partial charge in [0.05, 0.1) is 17.1 Å². The molecule has 5 nitrogen and oxygen atoms in total. The van der Waals surface area contributed by atoms with E-state index in [2.05, 4.69) is 4.72 Å². The zero-order valence-corrected chi connectivity index (χ0v) is 14.3. The summed E-state index contributed by atoms with van der Waals surface area (Å²) in [6, 6.07) is 10.6. The summed E-state index contributed by atoms with van der Waals surface area (Å²) in [5.41, 5.74) is 3.50. The molecule has 0 spiro atoms. The van der Waals surface area contributed by atoms with E-state index in [0.717, 1.165) is 23.4 Å². The van der Waals surface area contributed by atoms with E-state index in [1.807, 2.05) is 44.0 Å². The molecule has 1 N–H and O–H groups in total. The average molecular weight is 332 g/mol. The van der Waals surface area contributed by atoms with Crippen molar-refractivity contribution in [2.24, 2.45) is 0 Å². The van der Waals surface area contributed by atoms with Crippen molar-refractivity contribution in [3.05, 3.63) is 47.5 Å². The van der Waals surface area contributed by atoms with Gasteiger partial charge in [-0.2, -0.15) is 0 Å². The van der Waals surface area contributed by atoms with Gasteiger partial charge in [0.2, 0.25) is 0 Å². The third kappa shape index (κ3) is 3.27. The highest BCUT2D eigenvalue weighted by Gasteiger charge is 2.20. The molecule has 0 radical (unpaired) electrons. The molecule has 122 valence electrons. The van der Waals surface area contributed by atoms with Crippen molar-refractivity contribution in [1.82, 2.24) is 0 Å². The average Bonchev–Trinajstić information content (AvgIpc) is 2.45. The molecule has 3 rings (SSSR count). The van der Waals surface area contributed by atoms with E-state index >= 15 is 0 Å². The van der Waals surface area contributed by atoms with Crippen molar-refractivity contribution < 1.29 is 13.2 Å². The number of fused-ring (bicyclic) bond motifs is 1. The van der Waals surface area contributed by atoms with E-state index in [0.29, 0.717) is 18.0 Å². The number of sulfonamides is 1. The zero-order valence-electron chi connectivity index (χ0n) is 13.5. The number of anilines is 2. The van der Waals surface area contributed by atoms with Crippen molar-refractivity contribution in [3.63, 3.8) is 0 Å². The number of benzene rings is 2. The van der Waals surface area contributed by atoms with Crippen LogP contribution >= 0.6 is 0 Å². The number of likely N-dealkylation sites (N-methyl/N-ethyl adjacent to an activating group) is 1. The number of nitrogens with one attached hydrogen (secondary N) is 1. The Kier molecular flexibility index (Phi) is 3.93. The smallest absolute Gasteiger partial charge is 0.262 e. The lowest BCUT2D eigenvalue weighted by Gasteiger charge is -2.27. The van der Waals surface area contributed by atoms with Gasteiger partial charge in [-0.1, -0.05) is 6.07 Å². The fourth-order valence-corrected chi connectivity index (χ4v) is 3.81. The highest BCUT2D eigenvalue weighted by atomic mass is 32.2. The normalized spacial score (nSPS) is 14.1. The van der Waals surface area contributed by atoms with Gasteiger partial charge in [-0.25, -0.2) is 8.42 Å². The summed E-state index contributed by atoms with van der Waals surface area (Å²) < 4.78 is 33.4. The predicted octanol–water partition coefficient (Wildman–Crippen LogP) is 2.93. The standard InChI is InChI=1S/C17H20N2O3S/c1-12-8-13(2)10-14(9-12)18-23(20,21)15-4-5-16-17(11-15)22-7-6-19(16)3/h4-5,8-11,18H,6-7H2,1-3H3. The molecule has 6 heteroatoms. The quantitative estimate of drug-likeness (QED) is 0.939. The Balaban J connectivity index is 1.93. The van der Waals surface area contributed by atoms with Gasteiger partial charge in [0.15, 0.2) is 0 Å². The number of rotatable bonds is 3. The van der Waals surface area contributed by atoms with Crippen molar-refractivity contribution in [2.75, 3.05) is 29.8 Å². The fourth-order valence-electron chi connectivity index (χ4n) is 2.75. The van der Waals surface area contributed by atoms with Gasteiger partial charge >= 0.3 is 0 Å². The van der Waals surface area contributed by atoms with Crippen LogP contribution in [-0.2, 0) is 10.0 Å². The molecule has 1 aliphatic heterocycles. The molecule has 2 aromatic rings. The van der Waals surface area contributed by atoms with Crippen LogP contribution in [0.2, 0.25) is 0 Å². The Morgan fingerprint density at radius 3 is 2.48 bits per heavy atom. The number of ether oxygens (including phenoxy) is 1. The van der Waals surface area contributed by atoms with Gasteiger partial charge < -0.3 is 9.64 Å². The summed E-state index contributed by atoms with van der Waals surface area (Å²) >= 11 is 0. The first kappa shape index (κ1) is 15.7.